The Morgan fingerprint density at radius 2 is 1.90 bits per heavy atom. The molecule has 2 aromatic rings. The van der Waals surface area contributed by atoms with E-state index in [0.717, 1.165) is 24.5 Å². The smallest absolute Gasteiger partial charge is 0.416 e. The molecule has 0 saturated heterocycles. The van der Waals surface area contributed by atoms with Gasteiger partial charge in [-0.1, -0.05) is 6.07 Å². The Labute approximate surface area is 110 Å². The van der Waals surface area contributed by atoms with Crippen LogP contribution in [0.1, 0.15) is 15.9 Å². The summed E-state index contributed by atoms with van der Waals surface area (Å²) in [7, 11) is 0. The zero-order valence-electron chi connectivity index (χ0n) is 9.90. The second-order valence-corrected chi connectivity index (χ2v) is 3.88. The summed E-state index contributed by atoms with van der Waals surface area (Å²) in [5, 5.41) is 2.29. The van der Waals surface area contributed by atoms with Crippen LogP contribution in [0.2, 0.25) is 0 Å². The summed E-state index contributed by atoms with van der Waals surface area (Å²) in [5.74, 6) is -0.673. The van der Waals surface area contributed by atoms with E-state index in [-0.39, 0.29) is 11.3 Å². The number of amides is 1. The third-order valence-corrected chi connectivity index (χ3v) is 2.41. The van der Waals surface area contributed by atoms with Crippen molar-refractivity contribution in [2.75, 3.05) is 5.32 Å². The van der Waals surface area contributed by atoms with Crippen molar-refractivity contribution in [1.82, 2.24) is 0 Å². The van der Waals surface area contributed by atoms with Crippen LogP contribution in [0.4, 0.5) is 18.9 Å². The summed E-state index contributed by atoms with van der Waals surface area (Å²) < 4.78 is 42.0. The van der Waals surface area contributed by atoms with Crippen molar-refractivity contribution >= 4 is 11.6 Å². The summed E-state index contributed by atoms with van der Waals surface area (Å²) in [5.41, 5.74) is -1.46. The third-order valence-electron chi connectivity index (χ3n) is 2.41. The fraction of sp³-hybridized carbons (Fsp3) is 0.0769. The number of alkyl halides is 3. The van der Waals surface area contributed by atoms with Crippen LogP contribution in [-0.4, -0.2) is 5.91 Å². The molecule has 0 bridgehead atoms. The molecule has 104 valence electrons. The van der Waals surface area contributed by atoms with Gasteiger partial charge in [0.1, 0.15) is 6.26 Å². The topological polar surface area (TPSA) is 59.3 Å². The van der Waals surface area contributed by atoms with Crippen LogP contribution in [-0.2, 0) is 6.18 Å². The molecule has 0 aliphatic heterocycles. The Kier molecular flexibility index (Phi) is 3.60. The highest BCUT2D eigenvalue weighted by atomic mass is 19.4. The number of carbonyl (C=O) groups is 1. The molecule has 4 nitrogen and oxygen atoms in total. The summed E-state index contributed by atoms with van der Waals surface area (Å²) in [6.07, 6.45) is -3.55. The number of hydrogen-bond donors (Lipinski definition) is 1. The molecule has 0 unspecified atom stereocenters. The molecule has 0 radical (unpaired) electrons. The number of nitrogens with one attached hydrogen (secondary N) is 1. The van der Waals surface area contributed by atoms with Crippen molar-refractivity contribution < 1.29 is 22.4 Å². The van der Waals surface area contributed by atoms with Gasteiger partial charge in [0.25, 0.3) is 5.91 Å². The van der Waals surface area contributed by atoms with E-state index in [4.69, 9.17) is 0 Å². The average Bonchev–Trinajstić information content (AvgIpc) is 2.38. The Morgan fingerprint density at radius 3 is 2.50 bits per heavy atom. The predicted molar refractivity (Wildman–Crippen MR) is 64.4 cm³/mol. The molecule has 1 aromatic carbocycles. The lowest BCUT2D eigenvalue weighted by Gasteiger charge is -2.09. The zero-order chi connectivity index (χ0) is 14.8. The zero-order valence-corrected chi connectivity index (χ0v) is 9.90. The van der Waals surface area contributed by atoms with Gasteiger partial charge in [0, 0.05) is 11.8 Å². The average molecular weight is 283 g/mol. The Hall–Kier alpha value is -2.57. The van der Waals surface area contributed by atoms with Crippen molar-refractivity contribution in [3.8, 4) is 0 Å². The van der Waals surface area contributed by atoms with Gasteiger partial charge in [-0.05, 0) is 24.3 Å². The molecular weight excluding hydrogens is 275 g/mol. The lowest BCUT2D eigenvalue weighted by atomic mass is 10.2. The number of rotatable bonds is 2. The maximum absolute atomic E-state index is 12.5. The lowest BCUT2D eigenvalue weighted by Crippen LogP contribution is -2.14. The summed E-state index contributed by atoms with van der Waals surface area (Å²) in [4.78, 5) is 22.5. The fourth-order valence-corrected chi connectivity index (χ4v) is 1.46. The molecule has 0 saturated carbocycles. The van der Waals surface area contributed by atoms with E-state index in [2.05, 4.69) is 9.73 Å². The van der Waals surface area contributed by atoms with Gasteiger partial charge < -0.3 is 9.73 Å². The van der Waals surface area contributed by atoms with Crippen LogP contribution < -0.4 is 10.9 Å². The van der Waals surface area contributed by atoms with Gasteiger partial charge in [0.05, 0.1) is 11.1 Å². The first kappa shape index (κ1) is 13.9. The highest BCUT2D eigenvalue weighted by Gasteiger charge is 2.30. The van der Waals surface area contributed by atoms with Crippen LogP contribution in [0.3, 0.4) is 0 Å². The van der Waals surface area contributed by atoms with Crippen LogP contribution in [0, 0.1) is 0 Å². The standard InChI is InChI=1S/C13H8F3NO3/c14-13(15,16)9-2-1-3-10(6-9)17-12(19)8-4-5-11(18)20-7-8/h1-7H,(H,17,19). The van der Waals surface area contributed by atoms with Gasteiger partial charge in [0.15, 0.2) is 0 Å². The first-order valence-corrected chi connectivity index (χ1v) is 5.44. The molecule has 2 rings (SSSR count). The van der Waals surface area contributed by atoms with E-state index in [1.165, 1.54) is 18.2 Å². The molecule has 0 spiro atoms. The molecule has 1 heterocycles. The number of carbonyl (C=O) groups excluding carboxylic acids is 1. The minimum atomic E-state index is -4.49. The highest BCUT2D eigenvalue weighted by Crippen LogP contribution is 2.30. The van der Waals surface area contributed by atoms with Crippen LogP contribution in [0.5, 0.6) is 0 Å². The largest absolute Gasteiger partial charge is 0.430 e. The molecule has 1 aromatic heterocycles. The molecule has 0 fully saturated rings. The SMILES string of the molecule is O=C(Nc1cccc(C(F)(F)F)c1)c1ccc(=O)oc1. The minimum Gasteiger partial charge on any atom is -0.430 e. The third kappa shape index (κ3) is 3.25. The van der Waals surface area contributed by atoms with E-state index < -0.39 is 23.3 Å². The Balaban J connectivity index is 2.20. The molecule has 1 amide bonds. The maximum atomic E-state index is 12.5. The van der Waals surface area contributed by atoms with Gasteiger partial charge in [-0.15, -0.1) is 0 Å². The quantitative estimate of drug-likeness (QED) is 0.921. The fourth-order valence-electron chi connectivity index (χ4n) is 1.46. The Morgan fingerprint density at radius 1 is 1.15 bits per heavy atom. The van der Waals surface area contributed by atoms with E-state index in [1.807, 2.05) is 0 Å². The molecule has 0 aliphatic carbocycles. The second kappa shape index (κ2) is 5.20. The van der Waals surface area contributed by atoms with Gasteiger partial charge in [-0.3, -0.25) is 4.79 Å². The lowest BCUT2D eigenvalue weighted by molar-refractivity contribution is -0.137. The number of anilines is 1. The van der Waals surface area contributed by atoms with Crippen molar-refractivity contribution in [1.29, 1.82) is 0 Å². The molecule has 0 aliphatic rings. The first-order chi connectivity index (χ1) is 9.36. The predicted octanol–water partition coefficient (Wildman–Crippen LogP) is 2.91. The van der Waals surface area contributed by atoms with Gasteiger partial charge >= 0.3 is 11.8 Å². The van der Waals surface area contributed by atoms with Crippen molar-refractivity contribution in [2.45, 2.75) is 6.18 Å². The monoisotopic (exact) mass is 283 g/mol. The van der Waals surface area contributed by atoms with Crippen molar-refractivity contribution in [3.63, 3.8) is 0 Å². The van der Waals surface area contributed by atoms with Crippen molar-refractivity contribution in [2.24, 2.45) is 0 Å². The number of hydrogen-bond acceptors (Lipinski definition) is 3. The minimum absolute atomic E-state index is 0.00368. The van der Waals surface area contributed by atoms with Crippen molar-refractivity contribution in [3.05, 3.63) is 64.2 Å². The molecule has 1 N–H and O–H groups in total. The van der Waals surface area contributed by atoms with Gasteiger partial charge in [0.2, 0.25) is 0 Å². The highest BCUT2D eigenvalue weighted by molar-refractivity contribution is 6.03. The Bertz CT molecular complexity index is 671. The van der Waals surface area contributed by atoms with E-state index in [1.54, 1.807) is 0 Å². The van der Waals surface area contributed by atoms with E-state index >= 15 is 0 Å². The summed E-state index contributed by atoms with van der Waals surface area (Å²) in [6.45, 7) is 0. The van der Waals surface area contributed by atoms with Crippen LogP contribution in [0.15, 0.2) is 51.9 Å². The molecule has 20 heavy (non-hydrogen) atoms. The van der Waals surface area contributed by atoms with Gasteiger partial charge in [-0.25, -0.2) is 4.79 Å². The van der Waals surface area contributed by atoms with Crippen LogP contribution in [0.25, 0.3) is 0 Å². The molecular formula is C13H8F3NO3. The second-order valence-electron chi connectivity index (χ2n) is 3.88. The van der Waals surface area contributed by atoms with Crippen LogP contribution >= 0.6 is 0 Å². The summed E-state index contributed by atoms with van der Waals surface area (Å²) >= 11 is 0. The normalized spacial score (nSPS) is 11.2. The molecule has 0 atom stereocenters. The van der Waals surface area contributed by atoms with E-state index in [0.29, 0.717) is 0 Å². The maximum Gasteiger partial charge on any atom is 0.416 e. The first-order valence-electron chi connectivity index (χ1n) is 5.44. The number of benzene rings is 1. The summed E-state index contributed by atoms with van der Waals surface area (Å²) in [6, 6.07) is 6.49. The van der Waals surface area contributed by atoms with Gasteiger partial charge in [-0.2, -0.15) is 13.2 Å². The van der Waals surface area contributed by atoms with E-state index in [9.17, 15) is 22.8 Å². The number of halogens is 3. The molecule has 7 heteroatoms.